The van der Waals surface area contributed by atoms with Crippen LogP contribution in [-0.4, -0.2) is 0 Å². The van der Waals surface area contributed by atoms with Gasteiger partial charge in [0.25, 0.3) is 0 Å². The van der Waals surface area contributed by atoms with Gasteiger partial charge in [0, 0.05) is 5.56 Å². The van der Waals surface area contributed by atoms with Crippen LogP contribution in [-0.2, 0) is 0 Å². The van der Waals surface area contributed by atoms with E-state index in [0.717, 1.165) is 0 Å². The third-order valence-corrected chi connectivity index (χ3v) is 1.41. The van der Waals surface area contributed by atoms with Crippen LogP contribution in [0.25, 0.3) is 0 Å². The summed E-state index contributed by atoms with van der Waals surface area (Å²) in [5.74, 6) is 5.49. The molecule has 0 aromatic heterocycles. The van der Waals surface area contributed by atoms with Gasteiger partial charge in [-0.15, -0.1) is 0 Å². The molecule has 0 amide bonds. The van der Waals surface area contributed by atoms with Crippen LogP contribution in [0.4, 0.5) is 0 Å². The van der Waals surface area contributed by atoms with Crippen molar-refractivity contribution < 1.29 is 4.84 Å². The van der Waals surface area contributed by atoms with Crippen molar-refractivity contribution in [3.05, 3.63) is 29.8 Å². The minimum Gasteiger partial charge on any atom is -0.411 e. The Bertz CT molecular complexity index is 237. The van der Waals surface area contributed by atoms with Gasteiger partial charge in [-0.3, -0.25) is 0 Å². The highest BCUT2D eigenvalue weighted by Crippen LogP contribution is 2.19. The summed E-state index contributed by atoms with van der Waals surface area (Å²) in [5.41, 5.74) is 11.6. The van der Waals surface area contributed by atoms with Crippen molar-refractivity contribution in [2.45, 2.75) is 6.17 Å². The molecule has 1 aromatic carbocycles. The molecule has 4 nitrogen and oxygen atoms in total. The predicted octanol–water partition coefficient (Wildman–Crippen LogP) is -0.145. The molecular formula is C7H11N3O. The molecule has 11 heavy (non-hydrogen) atoms. The highest BCUT2D eigenvalue weighted by molar-refractivity contribution is 5.34. The van der Waals surface area contributed by atoms with Crippen molar-refractivity contribution in [1.29, 1.82) is 0 Å². The maximum Gasteiger partial charge on any atom is 0.152 e. The minimum absolute atomic E-state index is 0.516. The SMILES string of the molecule is NOc1ccccc1C(N)N. The van der Waals surface area contributed by atoms with Crippen LogP contribution in [0.1, 0.15) is 11.7 Å². The minimum atomic E-state index is -0.547. The molecule has 0 fully saturated rings. The Morgan fingerprint density at radius 2 is 1.82 bits per heavy atom. The molecule has 0 saturated carbocycles. The second-order valence-corrected chi connectivity index (χ2v) is 2.18. The van der Waals surface area contributed by atoms with Gasteiger partial charge in [-0.05, 0) is 6.07 Å². The van der Waals surface area contributed by atoms with E-state index in [2.05, 4.69) is 4.84 Å². The van der Waals surface area contributed by atoms with E-state index in [1.54, 1.807) is 18.2 Å². The average Bonchev–Trinajstić information content (AvgIpc) is 2.04. The van der Waals surface area contributed by atoms with E-state index >= 15 is 0 Å². The van der Waals surface area contributed by atoms with E-state index in [-0.39, 0.29) is 0 Å². The van der Waals surface area contributed by atoms with Gasteiger partial charge in [-0.1, -0.05) is 18.2 Å². The Kier molecular flexibility index (Phi) is 2.43. The largest absolute Gasteiger partial charge is 0.411 e. The second kappa shape index (κ2) is 3.34. The van der Waals surface area contributed by atoms with Gasteiger partial charge in [-0.2, -0.15) is 5.90 Å². The van der Waals surface area contributed by atoms with Crippen molar-refractivity contribution >= 4 is 0 Å². The van der Waals surface area contributed by atoms with Crippen molar-refractivity contribution in [1.82, 2.24) is 0 Å². The van der Waals surface area contributed by atoms with Gasteiger partial charge in [0.15, 0.2) is 5.75 Å². The topological polar surface area (TPSA) is 87.3 Å². The lowest BCUT2D eigenvalue weighted by Crippen LogP contribution is -2.21. The van der Waals surface area contributed by atoms with E-state index in [4.69, 9.17) is 17.4 Å². The number of para-hydroxylation sites is 1. The van der Waals surface area contributed by atoms with Crippen LogP contribution in [0.15, 0.2) is 24.3 Å². The van der Waals surface area contributed by atoms with Gasteiger partial charge < -0.3 is 16.3 Å². The molecule has 0 unspecified atom stereocenters. The Hall–Kier alpha value is -1.10. The lowest BCUT2D eigenvalue weighted by atomic mass is 10.1. The molecule has 1 aromatic rings. The first-order valence-corrected chi connectivity index (χ1v) is 3.22. The fourth-order valence-corrected chi connectivity index (χ4v) is 0.863. The zero-order valence-corrected chi connectivity index (χ0v) is 6.03. The van der Waals surface area contributed by atoms with E-state index < -0.39 is 6.17 Å². The second-order valence-electron chi connectivity index (χ2n) is 2.18. The highest BCUT2D eigenvalue weighted by atomic mass is 16.6. The summed E-state index contributed by atoms with van der Waals surface area (Å²) in [6, 6.07) is 7.10. The van der Waals surface area contributed by atoms with Crippen LogP contribution in [0.3, 0.4) is 0 Å². The number of benzene rings is 1. The molecule has 4 heteroatoms. The molecule has 0 radical (unpaired) electrons. The molecule has 1 rings (SSSR count). The summed E-state index contributed by atoms with van der Waals surface area (Å²) in [5, 5.41) is 0. The first-order chi connectivity index (χ1) is 5.25. The number of rotatable bonds is 2. The molecule has 60 valence electrons. The number of hydrogen-bond donors (Lipinski definition) is 3. The van der Waals surface area contributed by atoms with Crippen LogP contribution in [0, 0.1) is 0 Å². The Balaban J connectivity index is 3.02. The quantitative estimate of drug-likeness (QED) is 0.407. The first-order valence-electron chi connectivity index (χ1n) is 3.22. The van der Waals surface area contributed by atoms with Crippen LogP contribution in [0.5, 0.6) is 5.75 Å². The van der Waals surface area contributed by atoms with Crippen LogP contribution in [0.2, 0.25) is 0 Å². The standard InChI is InChI=1S/C7H11N3O/c8-7(9)5-3-1-2-4-6(5)11-10/h1-4,7H,8-10H2. The third kappa shape index (κ3) is 1.68. The Labute approximate surface area is 64.9 Å². The molecule has 0 heterocycles. The van der Waals surface area contributed by atoms with Gasteiger partial charge >= 0.3 is 0 Å². The Morgan fingerprint density at radius 1 is 1.18 bits per heavy atom. The smallest absolute Gasteiger partial charge is 0.152 e. The van der Waals surface area contributed by atoms with Gasteiger partial charge in [0.2, 0.25) is 0 Å². The molecule has 0 aliphatic carbocycles. The normalized spacial score (nSPS) is 10.2. The number of hydrogen-bond acceptors (Lipinski definition) is 4. The summed E-state index contributed by atoms with van der Waals surface area (Å²) in [6.07, 6.45) is -0.547. The van der Waals surface area contributed by atoms with E-state index in [1.165, 1.54) is 0 Å². The van der Waals surface area contributed by atoms with E-state index in [0.29, 0.717) is 11.3 Å². The molecule has 0 atom stereocenters. The summed E-state index contributed by atoms with van der Waals surface area (Å²) in [7, 11) is 0. The van der Waals surface area contributed by atoms with Gasteiger partial charge in [0.1, 0.15) is 0 Å². The summed E-state index contributed by atoms with van der Waals surface area (Å²) < 4.78 is 0. The van der Waals surface area contributed by atoms with Crippen LogP contribution < -0.4 is 22.2 Å². The summed E-state index contributed by atoms with van der Waals surface area (Å²) >= 11 is 0. The lowest BCUT2D eigenvalue weighted by molar-refractivity contribution is 0.328. The summed E-state index contributed by atoms with van der Waals surface area (Å²) in [4.78, 5) is 4.55. The molecule has 0 spiro atoms. The van der Waals surface area contributed by atoms with Gasteiger partial charge in [-0.25, -0.2) is 0 Å². The predicted molar refractivity (Wildman–Crippen MR) is 42.4 cm³/mol. The molecule has 6 N–H and O–H groups in total. The van der Waals surface area contributed by atoms with Crippen molar-refractivity contribution in [2.75, 3.05) is 0 Å². The molecule has 0 bridgehead atoms. The van der Waals surface area contributed by atoms with Crippen LogP contribution >= 0.6 is 0 Å². The fraction of sp³-hybridized carbons (Fsp3) is 0.143. The zero-order chi connectivity index (χ0) is 8.27. The lowest BCUT2D eigenvalue weighted by Gasteiger charge is -2.09. The van der Waals surface area contributed by atoms with Crippen molar-refractivity contribution in [2.24, 2.45) is 17.4 Å². The number of nitrogens with two attached hydrogens (primary N) is 3. The third-order valence-electron chi connectivity index (χ3n) is 1.41. The van der Waals surface area contributed by atoms with E-state index in [1.807, 2.05) is 6.07 Å². The zero-order valence-electron chi connectivity index (χ0n) is 6.03. The first kappa shape index (κ1) is 8.00. The fourth-order valence-electron chi connectivity index (χ4n) is 0.863. The maximum absolute atomic E-state index is 5.43. The van der Waals surface area contributed by atoms with E-state index in [9.17, 15) is 0 Å². The molecular weight excluding hydrogens is 142 g/mol. The van der Waals surface area contributed by atoms with Gasteiger partial charge in [0.05, 0.1) is 6.17 Å². The van der Waals surface area contributed by atoms with Crippen molar-refractivity contribution in [3.63, 3.8) is 0 Å². The Morgan fingerprint density at radius 3 is 2.27 bits per heavy atom. The highest BCUT2D eigenvalue weighted by Gasteiger charge is 2.05. The molecule has 0 saturated heterocycles. The summed E-state index contributed by atoms with van der Waals surface area (Å²) in [6.45, 7) is 0. The molecule has 0 aliphatic rings. The average molecular weight is 153 g/mol. The monoisotopic (exact) mass is 153 g/mol. The molecule has 0 aliphatic heterocycles. The maximum atomic E-state index is 5.43. The van der Waals surface area contributed by atoms with Crippen molar-refractivity contribution in [3.8, 4) is 5.75 Å².